The number of Topliss-reactive ketones (excluding diaryl/α,β-unsaturated/α-hetero) is 1. The van der Waals surface area contributed by atoms with Crippen LogP contribution in [-0.2, 0) is 47.6 Å². The SMILES string of the molecule is CC(=O)O[C@H]1C(=O)[C@@]2(C)[C@H]([C@@H]3OC(=O)c4cccc(c4)/C=C/CCOC(=O)NC(CC(C)C)[C@@H](O)C(=O)O[C@H]4C[C@]3(O)C(C)(C)C1=C4C)[C@]1(OC(C)=O)CO[C@@H]1C[C@@H]2O. The normalized spacial score (nSPS) is 37.8. The van der Waals surface area contributed by atoms with Gasteiger partial charge in [-0.15, -0.1) is 0 Å². The number of aliphatic hydroxyl groups is 3. The van der Waals surface area contributed by atoms with E-state index in [1.54, 1.807) is 38.1 Å². The van der Waals surface area contributed by atoms with Gasteiger partial charge in [0.05, 0.1) is 42.3 Å². The smallest absolute Gasteiger partial charge is 0.407 e. The Morgan fingerprint density at radius 1 is 1.03 bits per heavy atom. The second-order valence-corrected chi connectivity index (χ2v) is 17.6. The van der Waals surface area contributed by atoms with Gasteiger partial charge in [0.25, 0.3) is 0 Å². The van der Waals surface area contributed by atoms with Crippen molar-refractivity contribution in [1.29, 1.82) is 0 Å². The Balaban J connectivity index is 1.63. The Morgan fingerprint density at radius 2 is 1.75 bits per heavy atom. The number of cyclic esters (lactones) is 1. The molecule has 6 rings (SSSR count). The van der Waals surface area contributed by atoms with Crippen molar-refractivity contribution in [3.63, 3.8) is 0 Å². The highest BCUT2D eigenvalue weighted by Gasteiger charge is 2.78. The molecular formula is C43H55NO15. The maximum Gasteiger partial charge on any atom is 0.407 e. The van der Waals surface area contributed by atoms with Crippen molar-refractivity contribution < 1.29 is 72.5 Å². The van der Waals surface area contributed by atoms with E-state index < -0.39 is 113 Å². The first-order chi connectivity index (χ1) is 27.6. The summed E-state index contributed by atoms with van der Waals surface area (Å²) >= 11 is 0. The Hall–Kier alpha value is -4.64. The number of ketones is 1. The van der Waals surface area contributed by atoms with E-state index in [9.17, 15) is 39.3 Å². The topological polar surface area (TPSA) is 231 Å². The summed E-state index contributed by atoms with van der Waals surface area (Å²) in [7, 11) is 0. The van der Waals surface area contributed by atoms with Gasteiger partial charge in [-0.25, -0.2) is 14.4 Å². The second kappa shape index (κ2) is 16.1. The highest BCUT2D eigenvalue weighted by atomic mass is 16.6. The lowest BCUT2D eigenvalue weighted by Gasteiger charge is -2.67. The third-order valence-corrected chi connectivity index (χ3v) is 13.0. The quantitative estimate of drug-likeness (QED) is 0.194. The number of nitrogens with one attached hydrogen (secondary N) is 1. The van der Waals surface area contributed by atoms with E-state index in [0.29, 0.717) is 5.56 Å². The molecule has 3 fully saturated rings. The largest absolute Gasteiger partial charge is 0.456 e. The molecule has 2 aliphatic heterocycles. The van der Waals surface area contributed by atoms with Crippen LogP contribution in [0.4, 0.5) is 4.79 Å². The zero-order chi connectivity index (χ0) is 43.4. The Morgan fingerprint density at radius 3 is 2.37 bits per heavy atom. The number of hydrogen-bond acceptors (Lipinski definition) is 15. The zero-order valence-corrected chi connectivity index (χ0v) is 34.6. The molecule has 0 aromatic heterocycles. The molecule has 322 valence electrons. The van der Waals surface area contributed by atoms with E-state index in [1.807, 2.05) is 13.8 Å². The van der Waals surface area contributed by atoms with Crippen molar-refractivity contribution >= 4 is 41.8 Å². The molecule has 0 spiro atoms. The van der Waals surface area contributed by atoms with Crippen molar-refractivity contribution in [2.24, 2.45) is 22.7 Å². The number of hydrogen-bond donors (Lipinski definition) is 4. The van der Waals surface area contributed by atoms with Gasteiger partial charge >= 0.3 is 30.0 Å². The Bertz CT molecular complexity index is 1950. The molecule has 1 aromatic rings. The van der Waals surface area contributed by atoms with Gasteiger partial charge in [0.15, 0.2) is 23.6 Å². The Labute approximate surface area is 342 Å². The molecule has 16 heteroatoms. The summed E-state index contributed by atoms with van der Waals surface area (Å²) in [5, 5.41) is 39.7. The highest BCUT2D eigenvalue weighted by Crippen LogP contribution is 2.64. The molecule has 11 atom stereocenters. The number of rotatable bonds is 4. The number of carbonyl (C=O) groups is 6. The van der Waals surface area contributed by atoms with Crippen LogP contribution < -0.4 is 5.32 Å². The van der Waals surface area contributed by atoms with Crippen molar-refractivity contribution in [3.05, 3.63) is 52.6 Å². The zero-order valence-electron chi connectivity index (χ0n) is 34.6. The first-order valence-electron chi connectivity index (χ1n) is 20.0. The van der Waals surface area contributed by atoms with Gasteiger partial charge < -0.3 is 49.1 Å². The molecule has 1 aromatic carbocycles. The number of carbonyl (C=O) groups excluding carboxylic acids is 6. The molecule has 1 amide bonds. The lowest BCUT2D eigenvalue weighted by Crippen LogP contribution is -2.82. The minimum Gasteiger partial charge on any atom is -0.456 e. The van der Waals surface area contributed by atoms with E-state index in [-0.39, 0.29) is 55.1 Å². The summed E-state index contributed by atoms with van der Waals surface area (Å²) in [6.45, 7) is 11.6. The highest BCUT2D eigenvalue weighted by molar-refractivity contribution is 5.95. The van der Waals surface area contributed by atoms with Crippen LogP contribution >= 0.6 is 0 Å². The summed E-state index contributed by atoms with van der Waals surface area (Å²) in [6, 6.07) is 5.19. The third-order valence-electron chi connectivity index (χ3n) is 13.0. The van der Waals surface area contributed by atoms with Crippen LogP contribution in [0.3, 0.4) is 0 Å². The summed E-state index contributed by atoms with van der Waals surface area (Å²) in [5.74, 6) is -6.32. The molecule has 59 heavy (non-hydrogen) atoms. The van der Waals surface area contributed by atoms with Crippen molar-refractivity contribution in [3.8, 4) is 0 Å². The van der Waals surface area contributed by atoms with Gasteiger partial charge in [-0.3, -0.25) is 14.4 Å². The second-order valence-electron chi connectivity index (χ2n) is 17.6. The molecule has 1 unspecified atom stereocenters. The van der Waals surface area contributed by atoms with Crippen LogP contribution in [0.25, 0.3) is 6.08 Å². The van der Waals surface area contributed by atoms with E-state index in [2.05, 4.69) is 5.32 Å². The summed E-state index contributed by atoms with van der Waals surface area (Å²) in [4.78, 5) is 82.8. The first kappa shape index (κ1) is 43.9. The van der Waals surface area contributed by atoms with E-state index in [4.69, 9.17) is 28.4 Å². The molecular weight excluding hydrogens is 770 g/mol. The minimum atomic E-state index is -2.37. The minimum absolute atomic E-state index is 0.00916. The van der Waals surface area contributed by atoms with E-state index in [0.717, 1.165) is 13.8 Å². The van der Waals surface area contributed by atoms with Crippen LogP contribution in [0.5, 0.6) is 0 Å². The number of aliphatic hydroxyl groups excluding tert-OH is 2. The molecule has 2 heterocycles. The fraction of sp³-hybridized carbons (Fsp3) is 0.628. The van der Waals surface area contributed by atoms with Gasteiger partial charge in [-0.2, -0.15) is 0 Å². The van der Waals surface area contributed by atoms with Crippen LogP contribution in [-0.4, -0.2) is 118 Å². The first-order valence-corrected chi connectivity index (χ1v) is 20.0. The lowest BCUT2D eigenvalue weighted by molar-refractivity contribution is -0.346. The number of esters is 4. The van der Waals surface area contributed by atoms with Crippen LogP contribution in [0.1, 0.15) is 97.0 Å². The monoisotopic (exact) mass is 825 g/mol. The third kappa shape index (κ3) is 7.57. The van der Waals surface area contributed by atoms with Gasteiger partial charge in [-0.1, -0.05) is 52.0 Å². The van der Waals surface area contributed by atoms with E-state index in [1.165, 1.54) is 26.0 Å². The number of alkyl carbamates (subject to hydrolysis) is 1. The number of fused-ring (bicyclic) bond motifs is 8. The number of ether oxygens (including phenoxy) is 6. The van der Waals surface area contributed by atoms with Gasteiger partial charge in [-0.05, 0) is 61.4 Å². The van der Waals surface area contributed by atoms with Gasteiger partial charge in [0.1, 0.15) is 23.9 Å². The van der Waals surface area contributed by atoms with Gasteiger partial charge in [0.2, 0.25) is 0 Å². The predicted molar refractivity (Wildman–Crippen MR) is 206 cm³/mol. The summed E-state index contributed by atoms with van der Waals surface area (Å²) in [5.41, 5.74) is -7.03. The van der Waals surface area contributed by atoms with Crippen LogP contribution in [0.2, 0.25) is 0 Å². The fourth-order valence-corrected chi connectivity index (χ4v) is 9.99. The van der Waals surface area contributed by atoms with E-state index >= 15 is 4.79 Å². The van der Waals surface area contributed by atoms with Gasteiger partial charge in [0, 0.05) is 32.1 Å². The molecule has 0 radical (unpaired) electrons. The molecule has 16 nitrogen and oxygen atoms in total. The standard InChI is InChI=1S/C43H55NO15/c1-21(2)16-27-32(48)38(51)57-28-19-43(53)36(58-37(50)26-14-11-13-25(17-26)12-9-10-15-54-39(52)44-27)34-41(8,29(47)18-30-42(34,20-55-30)59-24(5)46)35(49)33(56-23(4)45)31(22(28)3)40(43,6)7/h9,11-14,17,21,27-30,32-34,36,47-48,53H,10,15-16,18-20H2,1-8H3,(H,44,52)/b12-9+/t27?,28-,29-,30+,32+,33+,34-,36-,41+,42-,43+/m0/s1. The van der Waals surface area contributed by atoms with Crippen LogP contribution in [0, 0.1) is 22.7 Å². The molecule has 5 bridgehead atoms. The molecule has 5 aliphatic rings. The number of benzene rings is 1. The average molecular weight is 826 g/mol. The molecule has 1 saturated heterocycles. The summed E-state index contributed by atoms with van der Waals surface area (Å²) in [6.07, 6.45) is -7.39. The number of amides is 1. The van der Waals surface area contributed by atoms with Crippen molar-refractivity contribution in [1.82, 2.24) is 5.32 Å². The Kier molecular flexibility index (Phi) is 12.0. The van der Waals surface area contributed by atoms with Crippen molar-refractivity contribution in [2.75, 3.05) is 13.2 Å². The van der Waals surface area contributed by atoms with Crippen molar-refractivity contribution in [2.45, 2.75) is 135 Å². The maximum atomic E-state index is 15.4. The molecule has 2 saturated carbocycles. The molecule has 4 N–H and O–H groups in total. The fourth-order valence-electron chi connectivity index (χ4n) is 9.99. The molecule has 3 aliphatic carbocycles. The average Bonchev–Trinajstić information content (AvgIpc) is 3.14. The van der Waals surface area contributed by atoms with Crippen LogP contribution in [0.15, 0.2) is 41.5 Å². The lowest BCUT2D eigenvalue weighted by atomic mass is 9.44. The maximum absolute atomic E-state index is 15.4. The predicted octanol–water partition coefficient (Wildman–Crippen LogP) is 3.12. The summed E-state index contributed by atoms with van der Waals surface area (Å²) < 4.78 is 35.6.